The highest BCUT2D eigenvalue weighted by Gasteiger charge is 2.10. The van der Waals surface area contributed by atoms with E-state index in [-0.39, 0.29) is 24.2 Å². The fraction of sp³-hybridized carbons (Fsp3) is 0.300. The lowest BCUT2D eigenvalue weighted by Crippen LogP contribution is -2.39. The van der Waals surface area contributed by atoms with Crippen molar-refractivity contribution in [2.45, 2.75) is 26.8 Å². The Labute approximate surface area is 154 Å². The number of aryl methyl sites for hydroxylation is 1. The number of nitrogens with one attached hydrogen (secondary N) is 3. The normalized spacial score (nSPS) is 12.3. The maximum atomic E-state index is 12.1. The highest BCUT2D eigenvalue weighted by molar-refractivity contribution is 5.94. The van der Waals surface area contributed by atoms with Gasteiger partial charge in [0.15, 0.2) is 5.96 Å². The van der Waals surface area contributed by atoms with Gasteiger partial charge in [0.05, 0.1) is 6.04 Å². The maximum absolute atomic E-state index is 12.1. The molecule has 0 heterocycles. The number of phenolic OH excluding ortho intramolecular Hbond substituents is 1. The summed E-state index contributed by atoms with van der Waals surface area (Å²) in [6, 6.07) is 14.6. The van der Waals surface area contributed by atoms with Crippen molar-refractivity contribution >= 4 is 17.6 Å². The van der Waals surface area contributed by atoms with Crippen LogP contribution < -0.4 is 16.0 Å². The second-order valence-electron chi connectivity index (χ2n) is 6.01. The molecule has 0 aliphatic heterocycles. The molecule has 4 N–H and O–H groups in total. The molecule has 2 aromatic rings. The smallest absolute Gasteiger partial charge is 0.246 e. The number of aromatic hydroxyl groups is 1. The summed E-state index contributed by atoms with van der Waals surface area (Å²) < 4.78 is 0. The first kappa shape index (κ1) is 19.3. The summed E-state index contributed by atoms with van der Waals surface area (Å²) in [5.41, 5.74) is 3.01. The zero-order valence-corrected chi connectivity index (χ0v) is 15.4. The molecule has 2 aromatic carbocycles. The number of carbonyl (C=O) groups is 1. The van der Waals surface area contributed by atoms with Crippen LogP contribution in [0.1, 0.15) is 31.0 Å². The van der Waals surface area contributed by atoms with Crippen molar-refractivity contribution in [1.29, 1.82) is 0 Å². The lowest BCUT2D eigenvalue weighted by Gasteiger charge is -2.19. The molecule has 1 unspecified atom stereocenters. The van der Waals surface area contributed by atoms with Crippen molar-refractivity contribution < 1.29 is 9.90 Å². The Hall–Kier alpha value is -3.02. The summed E-state index contributed by atoms with van der Waals surface area (Å²) in [6.07, 6.45) is 0. The van der Waals surface area contributed by atoms with E-state index in [0.29, 0.717) is 18.2 Å². The van der Waals surface area contributed by atoms with E-state index in [1.165, 1.54) is 23.3 Å². The van der Waals surface area contributed by atoms with Crippen LogP contribution in [0, 0.1) is 6.92 Å². The Balaban J connectivity index is 1.98. The van der Waals surface area contributed by atoms with Gasteiger partial charge in [0.25, 0.3) is 0 Å². The summed E-state index contributed by atoms with van der Waals surface area (Å²) in [5, 5.41) is 18.5. The van der Waals surface area contributed by atoms with Crippen LogP contribution in [0.5, 0.6) is 5.75 Å². The molecule has 6 heteroatoms. The van der Waals surface area contributed by atoms with Crippen molar-refractivity contribution in [2.24, 2.45) is 4.99 Å². The van der Waals surface area contributed by atoms with Crippen LogP contribution in [0.2, 0.25) is 0 Å². The number of carbonyl (C=O) groups excluding carboxylic acids is 1. The van der Waals surface area contributed by atoms with Gasteiger partial charge in [-0.3, -0.25) is 4.79 Å². The predicted octanol–water partition coefficient (Wildman–Crippen LogP) is 2.96. The highest BCUT2D eigenvalue weighted by Crippen LogP contribution is 2.16. The van der Waals surface area contributed by atoms with Crippen LogP contribution in [-0.2, 0) is 4.79 Å². The average molecular weight is 354 g/mol. The number of aliphatic imine (C=N–C) groups is 1. The SMILES string of the molecule is CCNC(=NCC(=O)Nc1ccc(O)cc1)NC(C)c1ccccc1C. The summed E-state index contributed by atoms with van der Waals surface area (Å²) in [4.78, 5) is 16.4. The Morgan fingerprint density at radius 3 is 2.50 bits per heavy atom. The van der Waals surface area contributed by atoms with E-state index in [9.17, 15) is 9.90 Å². The molecule has 0 aliphatic rings. The molecule has 0 fully saturated rings. The number of rotatable bonds is 6. The second kappa shape index (κ2) is 9.46. The molecule has 2 rings (SSSR count). The minimum atomic E-state index is -0.226. The topological polar surface area (TPSA) is 85.8 Å². The minimum Gasteiger partial charge on any atom is -0.508 e. The van der Waals surface area contributed by atoms with Crippen molar-refractivity contribution in [3.63, 3.8) is 0 Å². The standard InChI is InChI=1S/C20H26N4O2/c1-4-21-20(23-15(3)18-8-6-5-7-14(18)2)22-13-19(26)24-16-9-11-17(25)12-10-16/h5-12,15,25H,4,13H2,1-3H3,(H,24,26)(H2,21,22,23). The quantitative estimate of drug-likeness (QED) is 0.365. The number of nitrogens with zero attached hydrogens (tertiary/aromatic N) is 1. The van der Waals surface area contributed by atoms with E-state index < -0.39 is 0 Å². The Kier molecular flexibility index (Phi) is 7.02. The largest absolute Gasteiger partial charge is 0.508 e. The molecule has 26 heavy (non-hydrogen) atoms. The van der Waals surface area contributed by atoms with Gasteiger partial charge in [-0.05, 0) is 56.2 Å². The molecule has 0 aromatic heterocycles. The molecule has 0 spiro atoms. The van der Waals surface area contributed by atoms with Crippen molar-refractivity contribution in [1.82, 2.24) is 10.6 Å². The molecule has 1 amide bonds. The van der Waals surface area contributed by atoms with Gasteiger partial charge in [-0.1, -0.05) is 24.3 Å². The number of hydrogen-bond donors (Lipinski definition) is 4. The van der Waals surface area contributed by atoms with E-state index in [0.717, 1.165) is 0 Å². The van der Waals surface area contributed by atoms with E-state index in [2.05, 4.69) is 46.9 Å². The van der Waals surface area contributed by atoms with Gasteiger partial charge in [0, 0.05) is 12.2 Å². The average Bonchev–Trinajstić information content (AvgIpc) is 2.62. The Morgan fingerprint density at radius 1 is 1.15 bits per heavy atom. The zero-order chi connectivity index (χ0) is 18.9. The number of hydrogen-bond acceptors (Lipinski definition) is 3. The molecule has 138 valence electrons. The molecule has 0 saturated heterocycles. The number of guanidine groups is 1. The third-order valence-corrected chi connectivity index (χ3v) is 3.88. The van der Waals surface area contributed by atoms with Gasteiger partial charge in [-0.2, -0.15) is 0 Å². The maximum Gasteiger partial charge on any atom is 0.246 e. The van der Waals surface area contributed by atoms with Gasteiger partial charge in [-0.25, -0.2) is 4.99 Å². The fourth-order valence-electron chi connectivity index (χ4n) is 2.57. The first-order valence-electron chi connectivity index (χ1n) is 8.69. The summed E-state index contributed by atoms with van der Waals surface area (Å²) in [5.74, 6) is 0.519. The van der Waals surface area contributed by atoms with E-state index >= 15 is 0 Å². The van der Waals surface area contributed by atoms with Gasteiger partial charge in [-0.15, -0.1) is 0 Å². The summed E-state index contributed by atoms with van der Waals surface area (Å²) in [6.45, 7) is 6.81. The van der Waals surface area contributed by atoms with Crippen molar-refractivity contribution in [3.05, 3.63) is 59.7 Å². The Bertz CT molecular complexity index is 757. The predicted molar refractivity (Wildman–Crippen MR) is 105 cm³/mol. The molecular weight excluding hydrogens is 328 g/mol. The third kappa shape index (κ3) is 5.81. The van der Waals surface area contributed by atoms with Crippen LogP contribution in [0.3, 0.4) is 0 Å². The first-order chi connectivity index (χ1) is 12.5. The van der Waals surface area contributed by atoms with Crippen LogP contribution in [0.25, 0.3) is 0 Å². The van der Waals surface area contributed by atoms with Gasteiger partial charge >= 0.3 is 0 Å². The van der Waals surface area contributed by atoms with Gasteiger partial charge < -0.3 is 21.1 Å². The van der Waals surface area contributed by atoms with Gasteiger partial charge in [0.1, 0.15) is 12.3 Å². The van der Waals surface area contributed by atoms with Crippen LogP contribution in [0.4, 0.5) is 5.69 Å². The molecule has 1 atom stereocenters. The zero-order valence-electron chi connectivity index (χ0n) is 15.4. The molecular formula is C20H26N4O2. The van der Waals surface area contributed by atoms with Crippen molar-refractivity contribution in [2.75, 3.05) is 18.4 Å². The third-order valence-electron chi connectivity index (χ3n) is 3.88. The number of benzene rings is 2. The van der Waals surface area contributed by atoms with E-state index in [1.54, 1.807) is 12.1 Å². The van der Waals surface area contributed by atoms with E-state index in [4.69, 9.17) is 0 Å². The molecule has 0 aliphatic carbocycles. The Morgan fingerprint density at radius 2 is 1.85 bits per heavy atom. The fourth-order valence-corrected chi connectivity index (χ4v) is 2.57. The molecule has 0 bridgehead atoms. The van der Waals surface area contributed by atoms with Crippen LogP contribution >= 0.6 is 0 Å². The number of amides is 1. The van der Waals surface area contributed by atoms with E-state index in [1.807, 2.05) is 19.1 Å². The highest BCUT2D eigenvalue weighted by atomic mass is 16.3. The number of phenols is 1. The van der Waals surface area contributed by atoms with Gasteiger partial charge in [0.2, 0.25) is 5.91 Å². The minimum absolute atomic E-state index is 0.00327. The molecule has 6 nitrogen and oxygen atoms in total. The van der Waals surface area contributed by atoms with Crippen molar-refractivity contribution in [3.8, 4) is 5.75 Å². The number of anilines is 1. The summed E-state index contributed by atoms with van der Waals surface area (Å²) in [7, 11) is 0. The lowest BCUT2D eigenvalue weighted by atomic mass is 10.0. The lowest BCUT2D eigenvalue weighted by molar-refractivity contribution is -0.114. The molecule has 0 saturated carbocycles. The van der Waals surface area contributed by atoms with Crippen LogP contribution in [-0.4, -0.2) is 30.1 Å². The second-order valence-corrected chi connectivity index (χ2v) is 6.01. The summed E-state index contributed by atoms with van der Waals surface area (Å²) >= 11 is 0. The molecule has 0 radical (unpaired) electrons. The van der Waals surface area contributed by atoms with Crippen LogP contribution in [0.15, 0.2) is 53.5 Å². The first-order valence-corrected chi connectivity index (χ1v) is 8.69. The monoisotopic (exact) mass is 354 g/mol.